The van der Waals surface area contributed by atoms with Gasteiger partial charge >= 0.3 is 0 Å². The molecule has 0 saturated carbocycles. The zero-order chi connectivity index (χ0) is 13.9. The van der Waals surface area contributed by atoms with E-state index in [9.17, 15) is 0 Å². The second-order valence-electron chi connectivity index (χ2n) is 4.61. The Morgan fingerprint density at radius 2 is 2.25 bits per heavy atom. The Morgan fingerprint density at radius 1 is 1.40 bits per heavy atom. The molecular formula is C15H17N3OS. The van der Waals surface area contributed by atoms with Crippen molar-refractivity contribution in [3.8, 4) is 5.75 Å². The summed E-state index contributed by atoms with van der Waals surface area (Å²) in [6, 6.07) is 7.83. The van der Waals surface area contributed by atoms with Gasteiger partial charge in [-0.3, -0.25) is 4.40 Å². The van der Waals surface area contributed by atoms with E-state index >= 15 is 0 Å². The largest absolute Gasteiger partial charge is 0.494 e. The van der Waals surface area contributed by atoms with E-state index in [0.29, 0.717) is 13.0 Å². The summed E-state index contributed by atoms with van der Waals surface area (Å²) in [5, 5.41) is 2.02. The molecule has 0 fully saturated rings. The van der Waals surface area contributed by atoms with E-state index in [-0.39, 0.29) is 6.04 Å². The molecule has 1 unspecified atom stereocenters. The Hall–Kier alpha value is -1.85. The minimum Gasteiger partial charge on any atom is -0.494 e. The van der Waals surface area contributed by atoms with Gasteiger partial charge in [0.2, 0.25) is 0 Å². The lowest BCUT2D eigenvalue weighted by Gasteiger charge is -2.15. The highest BCUT2D eigenvalue weighted by atomic mass is 32.1. The van der Waals surface area contributed by atoms with Crippen LogP contribution in [0.2, 0.25) is 0 Å². The Balaban J connectivity index is 1.82. The minimum atomic E-state index is -0.109. The Labute approximate surface area is 121 Å². The van der Waals surface area contributed by atoms with Gasteiger partial charge in [-0.05, 0) is 13.0 Å². The summed E-state index contributed by atoms with van der Waals surface area (Å²) in [6.07, 6.45) is 4.75. The average molecular weight is 287 g/mol. The van der Waals surface area contributed by atoms with Gasteiger partial charge in [-0.2, -0.15) is 0 Å². The minimum absolute atomic E-state index is 0.109. The highest BCUT2D eigenvalue weighted by molar-refractivity contribution is 7.15. The molecule has 2 heterocycles. The second kappa shape index (κ2) is 5.64. The van der Waals surface area contributed by atoms with Crippen LogP contribution < -0.4 is 10.5 Å². The number of rotatable bonds is 5. The predicted octanol–water partition coefficient (Wildman–Crippen LogP) is 3.04. The molecule has 20 heavy (non-hydrogen) atoms. The number of hydrogen-bond donors (Lipinski definition) is 1. The summed E-state index contributed by atoms with van der Waals surface area (Å²) < 4.78 is 7.67. The van der Waals surface area contributed by atoms with Crippen LogP contribution in [0.15, 0.2) is 42.0 Å². The molecule has 104 valence electrons. The zero-order valence-corrected chi connectivity index (χ0v) is 12.1. The summed E-state index contributed by atoms with van der Waals surface area (Å²) in [7, 11) is 0. The number of thiazole rings is 1. The quantitative estimate of drug-likeness (QED) is 0.784. The van der Waals surface area contributed by atoms with Crippen molar-refractivity contribution in [3.63, 3.8) is 0 Å². The topological polar surface area (TPSA) is 52.5 Å². The van der Waals surface area contributed by atoms with Crippen LogP contribution in [0, 0.1) is 0 Å². The maximum atomic E-state index is 6.32. The fourth-order valence-corrected chi connectivity index (χ4v) is 3.00. The first-order chi connectivity index (χ1) is 9.78. The molecule has 1 atom stereocenters. The van der Waals surface area contributed by atoms with Crippen LogP contribution in [-0.4, -0.2) is 16.0 Å². The predicted molar refractivity (Wildman–Crippen MR) is 81.3 cm³/mol. The Bertz CT molecular complexity index is 675. The molecule has 5 heteroatoms. The van der Waals surface area contributed by atoms with Crippen LogP contribution >= 0.6 is 11.3 Å². The van der Waals surface area contributed by atoms with E-state index in [1.54, 1.807) is 11.3 Å². The second-order valence-corrected chi connectivity index (χ2v) is 5.48. The highest BCUT2D eigenvalue weighted by Crippen LogP contribution is 2.26. The normalized spacial score (nSPS) is 12.7. The molecule has 1 aromatic carbocycles. The fourth-order valence-electron chi connectivity index (χ4n) is 2.28. The summed E-state index contributed by atoms with van der Waals surface area (Å²) in [5.74, 6) is 0.864. The molecule has 3 rings (SSSR count). The summed E-state index contributed by atoms with van der Waals surface area (Å²) in [4.78, 5) is 5.58. The molecule has 0 bridgehead atoms. The lowest BCUT2D eigenvalue weighted by atomic mass is 10.0. The van der Waals surface area contributed by atoms with Crippen LogP contribution in [0.5, 0.6) is 5.75 Å². The summed E-state index contributed by atoms with van der Waals surface area (Å²) >= 11 is 1.63. The third kappa shape index (κ3) is 2.55. The van der Waals surface area contributed by atoms with E-state index in [4.69, 9.17) is 10.5 Å². The van der Waals surface area contributed by atoms with Gasteiger partial charge < -0.3 is 10.5 Å². The number of fused-ring (bicyclic) bond motifs is 1. The van der Waals surface area contributed by atoms with E-state index < -0.39 is 0 Å². The number of aromatic nitrogens is 2. The molecule has 0 spiro atoms. The molecule has 0 aliphatic carbocycles. The van der Waals surface area contributed by atoms with Crippen molar-refractivity contribution in [2.24, 2.45) is 5.73 Å². The monoisotopic (exact) mass is 287 g/mol. The number of ether oxygens (including phenoxy) is 1. The lowest BCUT2D eigenvalue weighted by Crippen LogP contribution is -2.15. The molecule has 0 aliphatic heterocycles. The summed E-state index contributed by atoms with van der Waals surface area (Å²) in [5.41, 5.74) is 8.37. The average Bonchev–Trinajstić information content (AvgIpc) is 3.00. The zero-order valence-electron chi connectivity index (χ0n) is 11.3. The molecule has 2 aromatic heterocycles. The van der Waals surface area contributed by atoms with Gasteiger partial charge in [0.15, 0.2) is 4.96 Å². The number of para-hydroxylation sites is 1. The molecule has 0 radical (unpaired) electrons. The summed E-state index contributed by atoms with van der Waals surface area (Å²) in [6.45, 7) is 2.62. The van der Waals surface area contributed by atoms with Crippen molar-refractivity contribution in [1.82, 2.24) is 9.38 Å². The smallest absolute Gasteiger partial charge is 0.193 e. The van der Waals surface area contributed by atoms with Crippen molar-refractivity contribution in [1.29, 1.82) is 0 Å². The van der Waals surface area contributed by atoms with E-state index in [1.807, 2.05) is 53.4 Å². The highest BCUT2D eigenvalue weighted by Gasteiger charge is 2.14. The third-order valence-electron chi connectivity index (χ3n) is 3.19. The first-order valence-corrected chi connectivity index (χ1v) is 7.54. The first-order valence-electron chi connectivity index (χ1n) is 6.66. The van der Waals surface area contributed by atoms with Crippen LogP contribution in [0.4, 0.5) is 0 Å². The van der Waals surface area contributed by atoms with E-state index in [0.717, 1.165) is 22.0 Å². The molecular weight excluding hydrogens is 270 g/mol. The number of nitrogens with two attached hydrogens (primary N) is 1. The number of hydrogen-bond acceptors (Lipinski definition) is 4. The Kier molecular flexibility index (Phi) is 3.71. The fraction of sp³-hybridized carbons (Fsp3) is 0.267. The maximum Gasteiger partial charge on any atom is 0.193 e. The van der Waals surface area contributed by atoms with Crippen molar-refractivity contribution in [2.45, 2.75) is 19.4 Å². The lowest BCUT2D eigenvalue weighted by molar-refractivity contribution is 0.334. The molecule has 0 amide bonds. The van der Waals surface area contributed by atoms with Crippen molar-refractivity contribution in [2.75, 3.05) is 6.61 Å². The van der Waals surface area contributed by atoms with Crippen molar-refractivity contribution < 1.29 is 4.74 Å². The SMILES string of the molecule is CCOc1ccccc1C(N)Cc1cn2ccsc2n1. The van der Waals surface area contributed by atoms with Crippen LogP contribution in [0.1, 0.15) is 24.2 Å². The maximum absolute atomic E-state index is 6.32. The van der Waals surface area contributed by atoms with Crippen molar-refractivity contribution >= 4 is 16.3 Å². The number of imidazole rings is 1. The van der Waals surface area contributed by atoms with Crippen LogP contribution in [0.25, 0.3) is 4.96 Å². The Morgan fingerprint density at radius 3 is 3.05 bits per heavy atom. The molecule has 3 aromatic rings. The molecule has 4 nitrogen and oxygen atoms in total. The van der Waals surface area contributed by atoms with Gasteiger partial charge in [-0.1, -0.05) is 18.2 Å². The molecule has 2 N–H and O–H groups in total. The van der Waals surface area contributed by atoms with Gasteiger partial charge in [0, 0.05) is 35.8 Å². The first kappa shape index (κ1) is 13.1. The number of benzene rings is 1. The molecule has 0 saturated heterocycles. The van der Waals surface area contributed by atoms with Gasteiger partial charge in [0.05, 0.1) is 12.3 Å². The van der Waals surface area contributed by atoms with Gasteiger partial charge in [0.25, 0.3) is 0 Å². The van der Waals surface area contributed by atoms with Crippen LogP contribution in [-0.2, 0) is 6.42 Å². The standard InChI is InChI=1S/C15H17N3OS/c1-2-19-14-6-4-3-5-12(14)13(16)9-11-10-18-7-8-20-15(18)17-11/h3-8,10,13H,2,9,16H2,1H3. The third-order valence-corrected chi connectivity index (χ3v) is 3.96. The number of nitrogens with zero attached hydrogens (tertiary/aromatic N) is 2. The van der Waals surface area contributed by atoms with Gasteiger partial charge in [0.1, 0.15) is 5.75 Å². The van der Waals surface area contributed by atoms with Crippen LogP contribution in [0.3, 0.4) is 0 Å². The van der Waals surface area contributed by atoms with Gasteiger partial charge in [-0.15, -0.1) is 11.3 Å². The van der Waals surface area contributed by atoms with Gasteiger partial charge in [-0.25, -0.2) is 4.98 Å². The molecule has 0 aliphatic rings. The van der Waals surface area contributed by atoms with Crippen molar-refractivity contribution in [3.05, 3.63) is 53.3 Å². The van der Waals surface area contributed by atoms with E-state index in [1.165, 1.54) is 0 Å². The van der Waals surface area contributed by atoms with E-state index in [2.05, 4.69) is 4.98 Å².